The highest BCUT2D eigenvalue weighted by Gasteiger charge is 2.12. The standard InChI is InChI=1S/C15H18BrClN2/c1-4-5-18-15-12(9(2)3)7-10-6-11(17)8-13(16)14(10)19-15/h6-9H,4-5H2,1-3H3,(H,18,19). The van der Waals surface area contributed by atoms with Gasteiger partial charge in [0.2, 0.25) is 0 Å². The number of fused-ring (bicyclic) bond motifs is 1. The maximum Gasteiger partial charge on any atom is 0.130 e. The molecule has 1 aromatic carbocycles. The number of rotatable bonds is 4. The van der Waals surface area contributed by atoms with Crippen LogP contribution in [0.2, 0.25) is 5.02 Å². The van der Waals surface area contributed by atoms with Crippen LogP contribution in [0.4, 0.5) is 5.82 Å². The van der Waals surface area contributed by atoms with Gasteiger partial charge in [-0.3, -0.25) is 0 Å². The molecule has 0 fully saturated rings. The average Bonchev–Trinajstić information content (AvgIpc) is 2.35. The van der Waals surface area contributed by atoms with Crippen molar-refractivity contribution in [3.05, 3.63) is 33.3 Å². The first-order valence-corrected chi connectivity index (χ1v) is 7.73. The average molecular weight is 342 g/mol. The predicted octanol–water partition coefficient (Wildman–Crippen LogP) is 5.60. The first-order valence-electron chi connectivity index (χ1n) is 6.56. The van der Waals surface area contributed by atoms with E-state index in [2.05, 4.69) is 48.1 Å². The van der Waals surface area contributed by atoms with Crippen LogP contribution in [0.5, 0.6) is 0 Å². The fraction of sp³-hybridized carbons (Fsp3) is 0.400. The molecule has 0 radical (unpaired) electrons. The second-order valence-electron chi connectivity index (χ2n) is 4.97. The van der Waals surface area contributed by atoms with Crippen LogP contribution in [0, 0.1) is 0 Å². The lowest BCUT2D eigenvalue weighted by Gasteiger charge is -2.15. The Hall–Kier alpha value is -0.800. The summed E-state index contributed by atoms with van der Waals surface area (Å²) in [5.74, 6) is 1.40. The zero-order valence-electron chi connectivity index (χ0n) is 11.4. The van der Waals surface area contributed by atoms with Gasteiger partial charge in [0.15, 0.2) is 0 Å². The van der Waals surface area contributed by atoms with E-state index in [0.29, 0.717) is 5.92 Å². The van der Waals surface area contributed by atoms with Gasteiger partial charge in [-0.1, -0.05) is 32.4 Å². The third-order valence-electron chi connectivity index (χ3n) is 3.03. The molecule has 1 heterocycles. The Balaban J connectivity index is 2.62. The minimum atomic E-state index is 0.425. The van der Waals surface area contributed by atoms with Gasteiger partial charge in [-0.05, 0) is 52.0 Å². The fourth-order valence-corrected chi connectivity index (χ4v) is 2.97. The first-order chi connectivity index (χ1) is 9.02. The van der Waals surface area contributed by atoms with Crippen molar-refractivity contribution in [3.63, 3.8) is 0 Å². The molecule has 4 heteroatoms. The molecule has 0 spiro atoms. The Morgan fingerprint density at radius 2 is 2.05 bits per heavy atom. The molecule has 0 bridgehead atoms. The summed E-state index contributed by atoms with van der Waals surface area (Å²) in [5, 5.41) is 5.21. The molecule has 0 unspecified atom stereocenters. The summed E-state index contributed by atoms with van der Waals surface area (Å²) in [7, 11) is 0. The van der Waals surface area contributed by atoms with Crippen molar-refractivity contribution in [1.82, 2.24) is 4.98 Å². The smallest absolute Gasteiger partial charge is 0.130 e. The molecule has 0 aliphatic rings. The molecule has 0 aliphatic heterocycles. The highest BCUT2D eigenvalue weighted by molar-refractivity contribution is 9.10. The minimum absolute atomic E-state index is 0.425. The number of benzene rings is 1. The highest BCUT2D eigenvalue weighted by atomic mass is 79.9. The number of halogens is 2. The maximum atomic E-state index is 6.11. The van der Waals surface area contributed by atoms with Crippen LogP contribution in [0.15, 0.2) is 22.7 Å². The molecule has 1 N–H and O–H groups in total. The molecule has 19 heavy (non-hydrogen) atoms. The number of hydrogen-bond donors (Lipinski definition) is 1. The number of hydrogen-bond acceptors (Lipinski definition) is 2. The van der Waals surface area contributed by atoms with Crippen molar-refractivity contribution in [3.8, 4) is 0 Å². The number of anilines is 1. The van der Waals surface area contributed by atoms with Gasteiger partial charge in [0.1, 0.15) is 5.82 Å². The van der Waals surface area contributed by atoms with Crippen LogP contribution in [0.3, 0.4) is 0 Å². The van der Waals surface area contributed by atoms with Gasteiger partial charge in [0, 0.05) is 21.4 Å². The Bertz CT molecular complexity index is 596. The summed E-state index contributed by atoms with van der Waals surface area (Å²) in [6.45, 7) is 7.45. The molecule has 2 aromatic rings. The third-order valence-corrected chi connectivity index (χ3v) is 3.85. The molecule has 0 aliphatic carbocycles. The second kappa shape index (κ2) is 6.10. The Morgan fingerprint density at radius 1 is 1.32 bits per heavy atom. The summed E-state index contributed by atoms with van der Waals surface area (Å²) in [5.41, 5.74) is 2.18. The van der Waals surface area contributed by atoms with Gasteiger partial charge in [0.25, 0.3) is 0 Å². The highest BCUT2D eigenvalue weighted by Crippen LogP contribution is 2.32. The number of pyridine rings is 1. The van der Waals surface area contributed by atoms with E-state index in [1.54, 1.807) is 0 Å². The fourth-order valence-electron chi connectivity index (χ4n) is 2.05. The van der Waals surface area contributed by atoms with Crippen LogP contribution in [0.25, 0.3) is 10.9 Å². The molecular formula is C15H18BrClN2. The van der Waals surface area contributed by atoms with E-state index in [1.807, 2.05) is 12.1 Å². The molecule has 0 atom stereocenters. The molecule has 1 aromatic heterocycles. The normalized spacial score (nSPS) is 11.3. The summed E-state index contributed by atoms with van der Waals surface area (Å²) < 4.78 is 0.935. The lowest BCUT2D eigenvalue weighted by molar-refractivity contribution is 0.856. The summed E-state index contributed by atoms with van der Waals surface area (Å²) in [6.07, 6.45) is 1.08. The van der Waals surface area contributed by atoms with Gasteiger partial charge in [-0.25, -0.2) is 4.98 Å². The summed E-state index contributed by atoms with van der Waals surface area (Å²) in [4.78, 5) is 4.76. The number of nitrogens with one attached hydrogen (secondary N) is 1. The van der Waals surface area contributed by atoms with E-state index in [4.69, 9.17) is 16.6 Å². The molecule has 102 valence electrons. The van der Waals surface area contributed by atoms with E-state index in [-0.39, 0.29) is 0 Å². The summed E-state index contributed by atoms with van der Waals surface area (Å²) in [6, 6.07) is 6.03. The van der Waals surface area contributed by atoms with Crippen LogP contribution in [-0.2, 0) is 0 Å². The van der Waals surface area contributed by atoms with E-state index in [9.17, 15) is 0 Å². The zero-order valence-corrected chi connectivity index (χ0v) is 13.8. The molecule has 2 rings (SSSR count). The van der Waals surface area contributed by atoms with Crippen LogP contribution in [-0.4, -0.2) is 11.5 Å². The monoisotopic (exact) mass is 340 g/mol. The van der Waals surface area contributed by atoms with E-state index < -0.39 is 0 Å². The first kappa shape index (κ1) is 14.6. The minimum Gasteiger partial charge on any atom is -0.370 e. The van der Waals surface area contributed by atoms with Crippen molar-refractivity contribution in [2.24, 2.45) is 0 Å². The van der Waals surface area contributed by atoms with Crippen molar-refractivity contribution >= 4 is 44.3 Å². The number of aromatic nitrogens is 1. The molecule has 2 nitrogen and oxygen atoms in total. The predicted molar refractivity (Wildman–Crippen MR) is 87.3 cm³/mol. The van der Waals surface area contributed by atoms with Gasteiger partial charge in [0.05, 0.1) is 5.52 Å². The molecule has 0 saturated carbocycles. The Labute approximate surface area is 127 Å². The largest absolute Gasteiger partial charge is 0.370 e. The number of nitrogens with zero attached hydrogens (tertiary/aromatic N) is 1. The topological polar surface area (TPSA) is 24.9 Å². The van der Waals surface area contributed by atoms with Crippen molar-refractivity contribution in [2.45, 2.75) is 33.1 Å². The van der Waals surface area contributed by atoms with E-state index in [1.165, 1.54) is 5.56 Å². The molecular weight excluding hydrogens is 324 g/mol. The molecule has 0 amide bonds. The van der Waals surface area contributed by atoms with Crippen molar-refractivity contribution in [2.75, 3.05) is 11.9 Å². The second-order valence-corrected chi connectivity index (χ2v) is 6.26. The Morgan fingerprint density at radius 3 is 2.68 bits per heavy atom. The van der Waals surface area contributed by atoms with E-state index >= 15 is 0 Å². The van der Waals surface area contributed by atoms with Gasteiger partial charge in [-0.15, -0.1) is 0 Å². The lowest BCUT2D eigenvalue weighted by atomic mass is 10.0. The van der Waals surface area contributed by atoms with Gasteiger partial charge < -0.3 is 5.32 Å². The van der Waals surface area contributed by atoms with Crippen LogP contribution >= 0.6 is 27.5 Å². The van der Waals surface area contributed by atoms with Crippen LogP contribution < -0.4 is 5.32 Å². The van der Waals surface area contributed by atoms with Crippen molar-refractivity contribution in [1.29, 1.82) is 0 Å². The van der Waals surface area contributed by atoms with Crippen molar-refractivity contribution < 1.29 is 0 Å². The van der Waals surface area contributed by atoms with Gasteiger partial charge in [-0.2, -0.15) is 0 Å². The Kier molecular flexibility index (Phi) is 4.69. The van der Waals surface area contributed by atoms with Gasteiger partial charge >= 0.3 is 0 Å². The third kappa shape index (κ3) is 3.21. The quantitative estimate of drug-likeness (QED) is 0.783. The maximum absolute atomic E-state index is 6.11. The van der Waals surface area contributed by atoms with Crippen LogP contribution in [0.1, 0.15) is 38.7 Å². The SMILES string of the molecule is CCCNc1nc2c(Br)cc(Cl)cc2cc1C(C)C. The molecule has 0 saturated heterocycles. The summed E-state index contributed by atoms with van der Waals surface area (Å²) >= 11 is 9.64. The lowest BCUT2D eigenvalue weighted by Crippen LogP contribution is -2.06. The zero-order chi connectivity index (χ0) is 14.0. The van der Waals surface area contributed by atoms with E-state index in [0.717, 1.165) is 39.2 Å².